The molecule has 0 saturated heterocycles. The number of likely N-dealkylation sites (N-methyl/N-ethyl adjacent to an activating group) is 1. The number of benzene rings is 1. The first kappa shape index (κ1) is 12.9. The third-order valence-corrected chi connectivity index (χ3v) is 3.35. The lowest BCUT2D eigenvalue weighted by atomic mass is 9.86. The van der Waals surface area contributed by atoms with E-state index in [1.54, 1.807) is 11.9 Å². The number of hydrogen-bond acceptors (Lipinski definition) is 3. The van der Waals surface area contributed by atoms with E-state index < -0.39 is 0 Å². The van der Waals surface area contributed by atoms with Gasteiger partial charge < -0.3 is 15.4 Å². The molecule has 18 heavy (non-hydrogen) atoms. The Balaban J connectivity index is 2.26. The number of ether oxygens (including phenoxy) is 1. The van der Waals surface area contributed by atoms with Crippen molar-refractivity contribution < 1.29 is 9.53 Å². The van der Waals surface area contributed by atoms with Gasteiger partial charge in [-0.25, -0.2) is 0 Å². The van der Waals surface area contributed by atoms with E-state index in [0.717, 1.165) is 17.9 Å². The molecule has 98 valence electrons. The lowest BCUT2D eigenvalue weighted by molar-refractivity contribution is -0.120. The summed E-state index contributed by atoms with van der Waals surface area (Å²) < 4.78 is 5.47. The van der Waals surface area contributed by atoms with Crippen molar-refractivity contribution in [1.29, 1.82) is 0 Å². The Morgan fingerprint density at radius 2 is 2.17 bits per heavy atom. The van der Waals surface area contributed by atoms with Crippen molar-refractivity contribution in [2.75, 3.05) is 25.1 Å². The number of nitrogens with zero attached hydrogens (tertiary/aromatic N) is 1. The number of rotatable bonds is 3. The molecule has 2 rings (SSSR count). The molecule has 0 spiro atoms. The number of fused-ring (bicyclic) bond motifs is 1. The monoisotopic (exact) mass is 248 g/mol. The first-order chi connectivity index (χ1) is 8.43. The van der Waals surface area contributed by atoms with Crippen LogP contribution in [0.3, 0.4) is 0 Å². The zero-order chi connectivity index (χ0) is 13.3. The molecule has 0 aromatic heterocycles. The lowest BCUT2D eigenvalue weighted by Crippen LogP contribution is -2.35. The van der Waals surface area contributed by atoms with Crippen LogP contribution in [0.2, 0.25) is 0 Å². The predicted octanol–water partition coefficient (Wildman–Crippen LogP) is 1.57. The topological polar surface area (TPSA) is 55.6 Å². The highest BCUT2D eigenvalue weighted by Gasteiger charge is 2.23. The smallest absolute Gasteiger partial charge is 0.264 e. The van der Waals surface area contributed by atoms with E-state index in [1.165, 1.54) is 5.56 Å². The van der Waals surface area contributed by atoms with Gasteiger partial charge in [0, 0.05) is 7.05 Å². The molecule has 0 radical (unpaired) electrons. The minimum Gasteiger partial charge on any atom is -0.482 e. The number of hydrogen-bond donors (Lipinski definition) is 1. The number of carbonyl (C=O) groups is 1. The Bertz CT molecular complexity index is 469. The van der Waals surface area contributed by atoms with Crippen LogP contribution in [0.1, 0.15) is 19.4 Å². The SMILES string of the molecule is CN1C(=O)COc2cc(CC(C)(C)CN)ccc21. The lowest BCUT2D eigenvalue weighted by Gasteiger charge is -2.27. The molecule has 0 bridgehead atoms. The van der Waals surface area contributed by atoms with Crippen LogP contribution in [0.5, 0.6) is 5.75 Å². The highest BCUT2D eigenvalue weighted by molar-refractivity contribution is 5.97. The van der Waals surface area contributed by atoms with E-state index in [-0.39, 0.29) is 17.9 Å². The van der Waals surface area contributed by atoms with Gasteiger partial charge in [-0.2, -0.15) is 0 Å². The average Bonchev–Trinajstić information content (AvgIpc) is 2.34. The molecular weight excluding hydrogens is 228 g/mol. The van der Waals surface area contributed by atoms with Crippen molar-refractivity contribution in [3.63, 3.8) is 0 Å². The van der Waals surface area contributed by atoms with Gasteiger partial charge in [0.2, 0.25) is 0 Å². The standard InChI is InChI=1S/C14H20N2O2/c1-14(2,9-15)7-10-4-5-11-12(6-10)18-8-13(17)16(11)3/h4-6H,7-9,15H2,1-3H3. The van der Waals surface area contributed by atoms with Crippen LogP contribution >= 0.6 is 0 Å². The summed E-state index contributed by atoms with van der Waals surface area (Å²) in [5, 5.41) is 0. The molecular formula is C14H20N2O2. The number of carbonyl (C=O) groups excluding carboxylic acids is 1. The fourth-order valence-electron chi connectivity index (χ4n) is 2.06. The van der Waals surface area contributed by atoms with E-state index in [1.807, 2.05) is 18.2 Å². The quantitative estimate of drug-likeness (QED) is 0.883. The summed E-state index contributed by atoms with van der Waals surface area (Å²) in [6, 6.07) is 5.98. The maximum absolute atomic E-state index is 11.5. The third-order valence-electron chi connectivity index (χ3n) is 3.35. The van der Waals surface area contributed by atoms with Crippen LogP contribution in [0.25, 0.3) is 0 Å². The summed E-state index contributed by atoms with van der Waals surface area (Å²) in [4.78, 5) is 13.1. The number of amides is 1. The number of anilines is 1. The van der Waals surface area contributed by atoms with Crippen molar-refractivity contribution in [2.24, 2.45) is 11.1 Å². The van der Waals surface area contributed by atoms with E-state index in [2.05, 4.69) is 13.8 Å². The van der Waals surface area contributed by atoms with Gasteiger partial charge in [-0.3, -0.25) is 4.79 Å². The maximum Gasteiger partial charge on any atom is 0.264 e. The van der Waals surface area contributed by atoms with Gasteiger partial charge in [0.1, 0.15) is 5.75 Å². The molecule has 4 heteroatoms. The molecule has 1 aromatic rings. The summed E-state index contributed by atoms with van der Waals surface area (Å²) in [5.41, 5.74) is 7.84. The summed E-state index contributed by atoms with van der Waals surface area (Å²) in [7, 11) is 1.77. The van der Waals surface area contributed by atoms with Crippen molar-refractivity contribution in [1.82, 2.24) is 0 Å². The zero-order valence-electron chi connectivity index (χ0n) is 11.2. The van der Waals surface area contributed by atoms with E-state index >= 15 is 0 Å². The second-order valence-corrected chi connectivity index (χ2v) is 5.59. The van der Waals surface area contributed by atoms with Gasteiger partial charge in [-0.15, -0.1) is 0 Å². The van der Waals surface area contributed by atoms with Crippen molar-refractivity contribution in [3.05, 3.63) is 23.8 Å². The average molecular weight is 248 g/mol. The number of nitrogens with two attached hydrogens (primary N) is 1. The van der Waals surface area contributed by atoms with Crippen LogP contribution in [-0.4, -0.2) is 26.1 Å². The summed E-state index contributed by atoms with van der Waals surface area (Å²) >= 11 is 0. The molecule has 0 fully saturated rings. The third kappa shape index (κ3) is 2.48. The van der Waals surface area contributed by atoms with E-state index in [0.29, 0.717) is 6.54 Å². The van der Waals surface area contributed by atoms with Gasteiger partial charge in [0.05, 0.1) is 5.69 Å². The highest BCUT2D eigenvalue weighted by Crippen LogP contribution is 2.33. The zero-order valence-corrected chi connectivity index (χ0v) is 11.2. The fourth-order valence-corrected chi connectivity index (χ4v) is 2.06. The van der Waals surface area contributed by atoms with E-state index in [9.17, 15) is 4.79 Å². The Kier molecular flexibility index (Phi) is 3.30. The maximum atomic E-state index is 11.5. The van der Waals surface area contributed by atoms with Crippen LogP contribution in [-0.2, 0) is 11.2 Å². The van der Waals surface area contributed by atoms with Gasteiger partial charge in [-0.05, 0) is 36.1 Å². The van der Waals surface area contributed by atoms with E-state index in [4.69, 9.17) is 10.5 Å². The first-order valence-corrected chi connectivity index (χ1v) is 6.15. The molecule has 4 nitrogen and oxygen atoms in total. The van der Waals surface area contributed by atoms with Crippen LogP contribution < -0.4 is 15.4 Å². The summed E-state index contributed by atoms with van der Waals surface area (Å²) in [6.07, 6.45) is 0.901. The Labute approximate surface area is 108 Å². The second-order valence-electron chi connectivity index (χ2n) is 5.59. The minimum atomic E-state index is -0.0162. The van der Waals surface area contributed by atoms with Crippen molar-refractivity contribution in [2.45, 2.75) is 20.3 Å². The molecule has 2 N–H and O–H groups in total. The summed E-state index contributed by atoms with van der Waals surface area (Å²) in [5.74, 6) is 0.764. The van der Waals surface area contributed by atoms with Crippen LogP contribution in [0.4, 0.5) is 5.69 Å². The van der Waals surface area contributed by atoms with Crippen molar-refractivity contribution in [3.8, 4) is 5.75 Å². The molecule has 0 unspecified atom stereocenters. The molecule has 0 atom stereocenters. The first-order valence-electron chi connectivity index (χ1n) is 6.15. The molecule has 0 saturated carbocycles. The van der Waals surface area contributed by atoms with Gasteiger partial charge in [-0.1, -0.05) is 19.9 Å². The molecule has 1 aliphatic heterocycles. The minimum absolute atomic E-state index is 0.0162. The Hall–Kier alpha value is -1.55. The van der Waals surface area contributed by atoms with Crippen LogP contribution in [0, 0.1) is 5.41 Å². The second kappa shape index (κ2) is 4.61. The normalized spacial score (nSPS) is 15.3. The predicted molar refractivity (Wildman–Crippen MR) is 71.9 cm³/mol. The molecule has 1 aromatic carbocycles. The van der Waals surface area contributed by atoms with Gasteiger partial charge >= 0.3 is 0 Å². The van der Waals surface area contributed by atoms with Gasteiger partial charge in [0.25, 0.3) is 5.91 Å². The van der Waals surface area contributed by atoms with Crippen molar-refractivity contribution >= 4 is 11.6 Å². The van der Waals surface area contributed by atoms with Gasteiger partial charge in [0.15, 0.2) is 6.61 Å². The largest absolute Gasteiger partial charge is 0.482 e. The molecule has 0 aliphatic carbocycles. The molecule has 1 aliphatic rings. The summed E-state index contributed by atoms with van der Waals surface area (Å²) in [6.45, 7) is 5.04. The molecule has 1 amide bonds. The Morgan fingerprint density at radius 3 is 2.83 bits per heavy atom. The Morgan fingerprint density at radius 1 is 1.44 bits per heavy atom. The fraction of sp³-hybridized carbons (Fsp3) is 0.500. The molecule has 1 heterocycles. The van der Waals surface area contributed by atoms with Crippen LogP contribution in [0.15, 0.2) is 18.2 Å². The highest BCUT2D eigenvalue weighted by atomic mass is 16.5.